The van der Waals surface area contributed by atoms with Crippen LogP contribution in [0.5, 0.6) is 0 Å². The zero-order valence-electron chi connectivity index (χ0n) is 8.98. The molecule has 1 fully saturated rings. The number of rotatable bonds is 5. The average molecular weight is 237 g/mol. The molecule has 0 amide bonds. The van der Waals surface area contributed by atoms with E-state index in [2.05, 4.69) is 4.72 Å². The van der Waals surface area contributed by atoms with E-state index in [1.54, 1.807) is 0 Å². The molecule has 15 heavy (non-hydrogen) atoms. The van der Waals surface area contributed by atoms with Gasteiger partial charge in [0.2, 0.25) is 10.0 Å². The van der Waals surface area contributed by atoms with E-state index >= 15 is 0 Å². The molecule has 0 bridgehead atoms. The quantitative estimate of drug-likeness (QED) is 0.697. The summed E-state index contributed by atoms with van der Waals surface area (Å²) < 4.78 is 30.2. The second-order valence-corrected chi connectivity index (χ2v) is 5.76. The first-order chi connectivity index (χ1) is 7.05. The van der Waals surface area contributed by atoms with Crippen molar-refractivity contribution in [2.45, 2.75) is 37.8 Å². The summed E-state index contributed by atoms with van der Waals surface area (Å²) in [6.07, 6.45) is 2.78. The Kier molecular flexibility index (Phi) is 4.98. The van der Waals surface area contributed by atoms with Crippen molar-refractivity contribution in [3.05, 3.63) is 0 Å². The molecule has 6 heteroatoms. The van der Waals surface area contributed by atoms with E-state index in [1.807, 2.05) is 0 Å². The third kappa shape index (κ3) is 4.46. The highest BCUT2D eigenvalue weighted by atomic mass is 32.2. The predicted octanol–water partition coefficient (Wildman–Crippen LogP) is -0.144. The van der Waals surface area contributed by atoms with Crippen LogP contribution in [0, 0.1) is 0 Å². The van der Waals surface area contributed by atoms with E-state index in [0.717, 1.165) is 12.8 Å². The van der Waals surface area contributed by atoms with Crippen LogP contribution >= 0.6 is 0 Å². The van der Waals surface area contributed by atoms with E-state index < -0.39 is 16.1 Å². The Morgan fingerprint density at radius 1 is 1.40 bits per heavy atom. The summed E-state index contributed by atoms with van der Waals surface area (Å²) >= 11 is 0. The first-order valence-corrected chi connectivity index (χ1v) is 6.87. The Labute approximate surface area is 90.9 Å². The number of hydrogen-bond donors (Lipinski definition) is 2. The average Bonchev–Trinajstić information content (AvgIpc) is 2.18. The number of nitrogens with one attached hydrogen (secondary N) is 1. The fraction of sp³-hybridized carbons (Fsp3) is 1.00. The van der Waals surface area contributed by atoms with Gasteiger partial charge in [0.05, 0.1) is 18.5 Å². The second kappa shape index (κ2) is 5.79. The van der Waals surface area contributed by atoms with Gasteiger partial charge in [-0.1, -0.05) is 12.8 Å². The molecule has 0 aliphatic heterocycles. The molecule has 90 valence electrons. The SMILES string of the molecule is COCCS(=O)(=O)NC1CCCCC1O. The Morgan fingerprint density at radius 2 is 2.07 bits per heavy atom. The first kappa shape index (κ1) is 12.9. The van der Waals surface area contributed by atoms with E-state index in [1.165, 1.54) is 7.11 Å². The largest absolute Gasteiger partial charge is 0.391 e. The smallest absolute Gasteiger partial charge is 0.214 e. The van der Waals surface area contributed by atoms with Gasteiger partial charge in [-0.25, -0.2) is 13.1 Å². The molecule has 0 radical (unpaired) electrons. The standard InChI is InChI=1S/C9H19NO4S/c1-14-6-7-15(12,13)10-8-4-2-3-5-9(8)11/h8-11H,2-7H2,1H3. The molecule has 0 heterocycles. The highest BCUT2D eigenvalue weighted by Gasteiger charge is 2.26. The topological polar surface area (TPSA) is 75.6 Å². The van der Waals surface area contributed by atoms with Gasteiger partial charge >= 0.3 is 0 Å². The van der Waals surface area contributed by atoms with Gasteiger partial charge in [0, 0.05) is 13.2 Å². The molecule has 1 saturated carbocycles. The van der Waals surface area contributed by atoms with Crippen LogP contribution in [-0.2, 0) is 14.8 Å². The van der Waals surface area contributed by atoms with Gasteiger partial charge in [0.25, 0.3) is 0 Å². The molecule has 0 aromatic carbocycles. The minimum atomic E-state index is -3.31. The van der Waals surface area contributed by atoms with Gasteiger partial charge in [-0.3, -0.25) is 0 Å². The van der Waals surface area contributed by atoms with Crippen LogP contribution < -0.4 is 4.72 Å². The highest BCUT2D eigenvalue weighted by Crippen LogP contribution is 2.18. The summed E-state index contributed by atoms with van der Waals surface area (Å²) in [4.78, 5) is 0. The van der Waals surface area contributed by atoms with E-state index in [9.17, 15) is 13.5 Å². The van der Waals surface area contributed by atoms with Crippen LogP contribution in [0.15, 0.2) is 0 Å². The Bertz CT molecular complexity index is 278. The number of sulfonamides is 1. The van der Waals surface area contributed by atoms with Crippen molar-refractivity contribution in [3.63, 3.8) is 0 Å². The molecule has 0 aromatic heterocycles. The molecular formula is C9H19NO4S. The molecule has 5 nitrogen and oxygen atoms in total. The summed E-state index contributed by atoms with van der Waals surface area (Å²) in [6.45, 7) is 0.179. The third-order valence-electron chi connectivity index (χ3n) is 2.62. The fourth-order valence-corrected chi connectivity index (χ4v) is 2.97. The number of ether oxygens (including phenoxy) is 1. The van der Waals surface area contributed by atoms with E-state index in [4.69, 9.17) is 4.74 Å². The van der Waals surface area contributed by atoms with E-state index in [-0.39, 0.29) is 18.4 Å². The van der Waals surface area contributed by atoms with Crippen LogP contribution in [0.1, 0.15) is 25.7 Å². The monoisotopic (exact) mass is 237 g/mol. The number of aliphatic hydroxyl groups is 1. The Hall–Kier alpha value is -0.170. The van der Waals surface area contributed by atoms with Crippen molar-refractivity contribution < 1.29 is 18.3 Å². The van der Waals surface area contributed by atoms with Gasteiger partial charge in [-0.2, -0.15) is 0 Å². The van der Waals surface area contributed by atoms with Crippen molar-refractivity contribution in [2.24, 2.45) is 0 Å². The van der Waals surface area contributed by atoms with Crippen LogP contribution in [0.2, 0.25) is 0 Å². The molecule has 2 N–H and O–H groups in total. The third-order valence-corrected chi connectivity index (χ3v) is 3.98. The molecular weight excluding hydrogens is 218 g/mol. The minimum absolute atomic E-state index is 0.0489. The lowest BCUT2D eigenvalue weighted by molar-refractivity contribution is 0.101. The van der Waals surface area contributed by atoms with Crippen LogP contribution in [0.3, 0.4) is 0 Å². The molecule has 0 aromatic rings. The maximum Gasteiger partial charge on any atom is 0.214 e. The lowest BCUT2D eigenvalue weighted by atomic mass is 9.93. The van der Waals surface area contributed by atoms with Crippen molar-refractivity contribution in [3.8, 4) is 0 Å². The van der Waals surface area contributed by atoms with Gasteiger partial charge in [-0.05, 0) is 12.8 Å². The first-order valence-electron chi connectivity index (χ1n) is 5.22. The summed E-state index contributed by atoms with van der Waals surface area (Å²) in [6, 6.07) is -0.319. The zero-order valence-corrected chi connectivity index (χ0v) is 9.79. The molecule has 1 aliphatic carbocycles. The zero-order chi connectivity index (χ0) is 11.3. The number of methoxy groups -OCH3 is 1. The second-order valence-electron chi connectivity index (χ2n) is 3.89. The van der Waals surface area contributed by atoms with Gasteiger partial charge in [0.1, 0.15) is 0 Å². The van der Waals surface area contributed by atoms with Crippen LogP contribution in [0.25, 0.3) is 0 Å². The maximum absolute atomic E-state index is 11.5. The highest BCUT2D eigenvalue weighted by molar-refractivity contribution is 7.89. The van der Waals surface area contributed by atoms with Crippen molar-refractivity contribution in [1.29, 1.82) is 0 Å². The molecule has 1 aliphatic rings. The number of hydrogen-bond acceptors (Lipinski definition) is 4. The molecule has 1 rings (SSSR count). The van der Waals surface area contributed by atoms with Crippen LogP contribution in [0.4, 0.5) is 0 Å². The Morgan fingerprint density at radius 3 is 2.67 bits per heavy atom. The number of aliphatic hydroxyl groups excluding tert-OH is 1. The van der Waals surface area contributed by atoms with Crippen molar-refractivity contribution in [2.75, 3.05) is 19.5 Å². The molecule has 2 unspecified atom stereocenters. The summed E-state index contributed by atoms with van der Waals surface area (Å²) in [7, 11) is -1.85. The molecule has 0 spiro atoms. The summed E-state index contributed by atoms with van der Waals surface area (Å²) in [5.41, 5.74) is 0. The normalized spacial score (nSPS) is 27.9. The lowest BCUT2D eigenvalue weighted by Crippen LogP contribution is -2.46. The van der Waals surface area contributed by atoms with Crippen molar-refractivity contribution >= 4 is 10.0 Å². The van der Waals surface area contributed by atoms with Gasteiger partial charge < -0.3 is 9.84 Å². The summed E-state index contributed by atoms with van der Waals surface area (Å²) in [5.74, 6) is -0.0489. The van der Waals surface area contributed by atoms with Crippen LogP contribution in [-0.4, -0.2) is 45.1 Å². The Balaban J connectivity index is 2.44. The van der Waals surface area contributed by atoms with Crippen molar-refractivity contribution in [1.82, 2.24) is 4.72 Å². The fourth-order valence-electron chi connectivity index (χ4n) is 1.73. The van der Waals surface area contributed by atoms with Gasteiger partial charge in [-0.15, -0.1) is 0 Å². The minimum Gasteiger partial charge on any atom is -0.391 e. The predicted molar refractivity (Wildman–Crippen MR) is 57.1 cm³/mol. The van der Waals surface area contributed by atoms with Gasteiger partial charge in [0.15, 0.2) is 0 Å². The maximum atomic E-state index is 11.5. The molecule has 2 atom stereocenters. The molecule has 0 saturated heterocycles. The van der Waals surface area contributed by atoms with E-state index in [0.29, 0.717) is 12.8 Å². The summed E-state index contributed by atoms with van der Waals surface area (Å²) in [5, 5.41) is 9.60. The lowest BCUT2D eigenvalue weighted by Gasteiger charge is -2.27.